The quantitative estimate of drug-likeness (QED) is 0.909. The van der Waals surface area contributed by atoms with Gasteiger partial charge in [0.05, 0.1) is 0 Å². The zero-order valence-electron chi connectivity index (χ0n) is 10.5. The molecule has 1 saturated heterocycles. The molecule has 0 spiro atoms. The van der Waals surface area contributed by atoms with Crippen molar-refractivity contribution in [2.45, 2.75) is 25.8 Å². The van der Waals surface area contributed by atoms with Crippen LogP contribution in [0.5, 0.6) is 0 Å². The molecule has 4 nitrogen and oxygen atoms in total. The van der Waals surface area contributed by atoms with E-state index in [0.29, 0.717) is 11.6 Å². The zero-order valence-corrected chi connectivity index (χ0v) is 12.1. The third kappa shape index (κ3) is 2.90. The van der Waals surface area contributed by atoms with E-state index >= 15 is 0 Å². The molecule has 2 rings (SSSR count). The lowest BCUT2D eigenvalue weighted by Gasteiger charge is -2.36. The summed E-state index contributed by atoms with van der Waals surface area (Å²) < 4.78 is 0.881. The van der Waals surface area contributed by atoms with Gasteiger partial charge in [-0.15, -0.1) is 0 Å². The summed E-state index contributed by atoms with van der Waals surface area (Å²) in [4.78, 5) is 18.3. The summed E-state index contributed by atoms with van der Waals surface area (Å²) in [6, 6.07) is 3.81. The van der Waals surface area contributed by atoms with Gasteiger partial charge in [-0.1, -0.05) is 13.3 Å². The van der Waals surface area contributed by atoms with Gasteiger partial charge < -0.3 is 10.6 Å². The number of pyridine rings is 1. The summed E-state index contributed by atoms with van der Waals surface area (Å²) in [6.45, 7) is 3.60. The molecular weight excluding hydrogens is 294 g/mol. The first kappa shape index (κ1) is 13.5. The maximum atomic E-state index is 12.3. The number of aromatic nitrogens is 1. The molecule has 1 aromatic heterocycles. The van der Waals surface area contributed by atoms with Crippen molar-refractivity contribution in [2.75, 3.05) is 13.1 Å². The van der Waals surface area contributed by atoms with Crippen molar-refractivity contribution in [3.63, 3.8) is 0 Å². The van der Waals surface area contributed by atoms with Crippen molar-refractivity contribution in [3.05, 3.63) is 28.5 Å². The van der Waals surface area contributed by atoms with Crippen LogP contribution in [0.4, 0.5) is 0 Å². The highest BCUT2D eigenvalue weighted by Gasteiger charge is 2.28. The van der Waals surface area contributed by atoms with Crippen LogP contribution in [0.15, 0.2) is 22.8 Å². The van der Waals surface area contributed by atoms with Crippen molar-refractivity contribution in [3.8, 4) is 0 Å². The fraction of sp³-hybridized carbons (Fsp3) is 0.538. The Labute approximate surface area is 116 Å². The van der Waals surface area contributed by atoms with Crippen molar-refractivity contribution in [1.29, 1.82) is 0 Å². The largest absolute Gasteiger partial charge is 0.337 e. The SMILES string of the molecule is CCC1CN(C(=O)c2ccc(Br)cn2)CCC1N. The second kappa shape index (κ2) is 5.80. The van der Waals surface area contributed by atoms with Crippen LogP contribution in [0.25, 0.3) is 0 Å². The van der Waals surface area contributed by atoms with Gasteiger partial charge in [0.2, 0.25) is 0 Å². The Hall–Kier alpha value is -0.940. The van der Waals surface area contributed by atoms with E-state index in [4.69, 9.17) is 5.73 Å². The summed E-state index contributed by atoms with van der Waals surface area (Å²) in [5.41, 5.74) is 6.55. The minimum atomic E-state index is 0.00727. The van der Waals surface area contributed by atoms with Gasteiger partial charge in [0.1, 0.15) is 5.69 Å². The van der Waals surface area contributed by atoms with Gasteiger partial charge in [0.15, 0.2) is 0 Å². The Kier molecular flexibility index (Phi) is 4.35. The van der Waals surface area contributed by atoms with E-state index in [1.165, 1.54) is 0 Å². The molecule has 2 heterocycles. The van der Waals surface area contributed by atoms with Gasteiger partial charge in [-0.2, -0.15) is 0 Å². The number of likely N-dealkylation sites (tertiary alicyclic amines) is 1. The van der Waals surface area contributed by atoms with Gasteiger partial charge in [0, 0.05) is 29.8 Å². The molecule has 1 aromatic rings. The third-order valence-corrected chi connectivity index (χ3v) is 4.02. The highest BCUT2D eigenvalue weighted by atomic mass is 79.9. The number of hydrogen-bond acceptors (Lipinski definition) is 3. The molecule has 0 aromatic carbocycles. The van der Waals surface area contributed by atoms with Crippen molar-refractivity contribution >= 4 is 21.8 Å². The molecule has 5 heteroatoms. The lowest BCUT2D eigenvalue weighted by atomic mass is 9.90. The molecule has 2 N–H and O–H groups in total. The molecule has 98 valence electrons. The molecular formula is C13H18BrN3O. The van der Waals surface area contributed by atoms with E-state index < -0.39 is 0 Å². The van der Waals surface area contributed by atoms with Crippen molar-refractivity contribution < 1.29 is 4.79 Å². The van der Waals surface area contributed by atoms with Gasteiger partial charge in [-0.25, -0.2) is 4.98 Å². The molecule has 0 bridgehead atoms. The normalized spacial score (nSPS) is 24.1. The average molecular weight is 312 g/mol. The van der Waals surface area contributed by atoms with Crippen LogP contribution in [0.3, 0.4) is 0 Å². The average Bonchev–Trinajstić information content (AvgIpc) is 2.39. The maximum absolute atomic E-state index is 12.3. The third-order valence-electron chi connectivity index (χ3n) is 3.55. The minimum Gasteiger partial charge on any atom is -0.337 e. The van der Waals surface area contributed by atoms with E-state index in [2.05, 4.69) is 27.8 Å². The highest BCUT2D eigenvalue weighted by molar-refractivity contribution is 9.10. The number of amides is 1. The van der Waals surface area contributed by atoms with Crippen molar-refractivity contribution in [1.82, 2.24) is 9.88 Å². The first-order valence-electron chi connectivity index (χ1n) is 6.28. The lowest BCUT2D eigenvalue weighted by molar-refractivity contribution is 0.0643. The van der Waals surface area contributed by atoms with E-state index in [9.17, 15) is 4.79 Å². The van der Waals surface area contributed by atoms with Crippen LogP contribution in [0.1, 0.15) is 30.3 Å². The van der Waals surface area contributed by atoms with Gasteiger partial charge in [-0.3, -0.25) is 4.79 Å². The second-order valence-electron chi connectivity index (χ2n) is 4.73. The smallest absolute Gasteiger partial charge is 0.272 e. The van der Waals surface area contributed by atoms with Crippen LogP contribution >= 0.6 is 15.9 Å². The first-order chi connectivity index (χ1) is 8.61. The Bertz CT molecular complexity index is 421. The summed E-state index contributed by atoms with van der Waals surface area (Å²) in [6.07, 6.45) is 3.54. The van der Waals surface area contributed by atoms with Gasteiger partial charge in [-0.05, 0) is 40.4 Å². The Morgan fingerprint density at radius 1 is 1.61 bits per heavy atom. The fourth-order valence-corrected chi connectivity index (χ4v) is 2.57. The Morgan fingerprint density at radius 3 is 3.00 bits per heavy atom. The Morgan fingerprint density at radius 2 is 2.39 bits per heavy atom. The summed E-state index contributed by atoms with van der Waals surface area (Å²) in [7, 11) is 0. The number of hydrogen-bond donors (Lipinski definition) is 1. The predicted octanol–water partition coefficient (Wildman–Crippen LogP) is 2.04. The summed E-state index contributed by atoms with van der Waals surface area (Å²) in [5, 5.41) is 0. The molecule has 1 fully saturated rings. The number of piperidine rings is 1. The summed E-state index contributed by atoms with van der Waals surface area (Å²) >= 11 is 3.32. The number of carbonyl (C=O) groups is 1. The molecule has 2 unspecified atom stereocenters. The minimum absolute atomic E-state index is 0.00727. The van der Waals surface area contributed by atoms with E-state index in [1.54, 1.807) is 12.3 Å². The van der Waals surface area contributed by atoms with Crippen LogP contribution < -0.4 is 5.73 Å². The second-order valence-corrected chi connectivity index (χ2v) is 5.65. The lowest BCUT2D eigenvalue weighted by Crippen LogP contribution is -2.49. The molecule has 0 saturated carbocycles. The summed E-state index contributed by atoms with van der Waals surface area (Å²) in [5.74, 6) is 0.408. The van der Waals surface area contributed by atoms with E-state index in [0.717, 1.165) is 30.4 Å². The topological polar surface area (TPSA) is 59.2 Å². The number of rotatable bonds is 2. The van der Waals surface area contributed by atoms with Gasteiger partial charge in [0.25, 0.3) is 5.91 Å². The fourth-order valence-electron chi connectivity index (χ4n) is 2.33. The standard InChI is InChI=1S/C13H18BrN3O/c1-2-9-8-17(6-5-11(9)15)13(18)12-4-3-10(14)7-16-12/h3-4,7,9,11H,2,5-6,8,15H2,1H3. The van der Waals surface area contributed by atoms with Crippen LogP contribution in [0, 0.1) is 5.92 Å². The molecule has 1 aliphatic heterocycles. The van der Waals surface area contributed by atoms with E-state index in [-0.39, 0.29) is 11.9 Å². The zero-order chi connectivity index (χ0) is 13.1. The van der Waals surface area contributed by atoms with Crippen LogP contribution in [-0.4, -0.2) is 34.9 Å². The van der Waals surface area contributed by atoms with Crippen LogP contribution in [-0.2, 0) is 0 Å². The monoisotopic (exact) mass is 311 g/mol. The molecule has 0 radical (unpaired) electrons. The van der Waals surface area contributed by atoms with Gasteiger partial charge >= 0.3 is 0 Å². The van der Waals surface area contributed by atoms with Crippen molar-refractivity contribution in [2.24, 2.45) is 11.7 Å². The van der Waals surface area contributed by atoms with Crippen LogP contribution in [0.2, 0.25) is 0 Å². The highest BCUT2D eigenvalue weighted by Crippen LogP contribution is 2.20. The molecule has 1 amide bonds. The molecule has 18 heavy (non-hydrogen) atoms. The number of nitrogens with two attached hydrogens (primary N) is 1. The molecule has 0 aliphatic carbocycles. The maximum Gasteiger partial charge on any atom is 0.272 e. The first-order valence-corrected chi connectivity index (χ1v) is 7.07. The number of halogens is 1. The predicted molar refractivity (Wildman–Crippen MR) is 74.2 cm³/mol. The number of carbonyl (C=O) groups excluding carboxylic acids is 1. The Balaban J connectivity index is 2.07. The molecule has 1 aliphatic rings. The van der Waals surface area contributed by atoms with E-state index in [1.807, 2.05) is 11.0 Å². The number of nitrogens with zero attached hydrogens (tertiary/aromatic N) is 2. The molecule has 2 atom stereocenters.